The number of nitrogens with one attached hydrogen (secondary N) is 1. The number of carboxylic acids is 1. The number of benzene rings is 1. The highest BCUT2D eigenvalue weighted by Crippen LogP contribution is 2.08. The average Bonchev–Trinajstić information content (AvgIpc) is 2.86. The second-order valence-corrected chi connectivity index (χ2v) is 5.84. The van der Waals surface area contributed by atoms with Crippen molar-refractivity contribution in [3.8, 4) is 0 Å². The van der Waals surface area contributed by atoms with Crippen LogP contribution in [0.5, 0.6) is 0 Å². The Hall–Kier alpha value is -2.19. The van der Waals surface area contributed by atoms with Gasteiger partial charge in [-0.15, -0.1) is 0 Å². The number of nitrogens with zero attached hydrogens (tertiary/aromatic N) is 2. The smallest absolute Gasteiger partial charge is 0.325 e. The van der Waals surface area contributed by atoms with Gasteiger partial charge in [0.15, 0.2) is 0 Å². The number of carbonyl (C=O) groups is 1. The van der Waals surface area contributed by atoms with Crippen LogP contribution in [0.25, 0.3) is 0 Å². The molecule has 0 atom stereocenters. The van der Waals surface area contributed by atoms with Crippen molar-refractivity contribution in [2.45, 2.75) is 18.0 Å². The van der Waals surface area contributed by atoms with E-state index in [0.29, 0.717) is 0 Å². The Morgan fingerprint density at radius 3 is 2.65 bits per heavy atom. The molecule has 0 aliphatic rings. The molecule has 1 aromatic heterocycles. The highest BCUT2D eigenvalue weighted by molar-refractivity contribution is 7.89. The molecule has 2 N–H and O–H groups in total. The van der Waals surface area contributed by atoms with Gasteiger partial charge in [0, 0.05) is 12.7 Å². The second kappa shape index (κ2) is 5.85. The predicted octanol–water partition coefficient (Wildman–Crippen LogP) is 0.446. The average molecular weight is 295 g/mol. The fraction of sp³-hybridized carbons (Fsp3) is 0.167. The molecule has 1 heterocycles. The maximum absolute atomic E-state index is 12.0. The van der Waals surface area contributed by atoms with Crippen LogP contribution in [0, 0.1) is 0 Å². The molecule has 0 bridgehead atoms. The van der Waals surface area contributed by atoms with E-state index in [-0.39, 0.29) is 18.0 Å². The van der Waals surface area contributed by atoms with Crippen molar-refractivity contribution in [1.29, 1.82) is 0 Å². The van der Waals surface area contributed by atoms with Crippen LogP contribution in [0.1, 0.15) is 5.56 Å². The molecular weight excluding hydrogens is 282 g/mol. The number of carboxylic acid groups (broad SMARTS) is 1. The van der Waals surface area contributed by atoms with Crippen molar-refractivity contribution in [2.75, 3.05) is 0 Å². The fourth-order valence-corrected chi connectivity index (χ4v) is 2.54. The first kappa shape index (κ1) is 14.2. The van der Waals surface area contributed by atoms with Crippen LogP contribution in [0.15, 0.2) is 47.6 Å². The molecule has 0 aliphatic carbocycles. The molecule has 2 aromatic rings. The number of rotatable bonds is 6. The Labute approximate surface area is 115 Å². The summed E-state index contributed by atoms with van der Waals surface area (Å²) in [4.78, 5) is 10.5. The standard InChI is InChI=1S/C12H13N3O4S/c16-12(17)9-15-8-11(7-13-15)20(18,19)14-6-10-4-2-1-3-5-10/h1-5,7-8,14H,6,9H2,(H,16,17). The topological polar surface area (TPSA) is 101 Å². The summed E-state index contributed by atoms with van der Waals surface area (Å²) in [5, 5.41) is 12.3. The number of aromatic nitrogens is 2. The van der Waals surface area contributed by atoms with Crippen LogP contribution in [0.3, 0.4) is 0 Å². The summed E-state index contributed by atoms with van der Waals surface area (Å²) in [6.45, 7) is -0.221. The van der Waals surface area contributed by atoms with Gasteiger partial charge in [-0.25, -0.2) is 13.1 Å². The zero-order valence-corrected chi connectivity index (χ0v) is 11.2. The van der Waals surface area contributed by atoms with Gasteiger partial charge in [-0.1, -0.05) is 30.3 Å². The third-order valence-electron chi connectivity index (χ3n) is 2.53. The van der Waals surface area contributed by atoms with E-state index in [9.17, 15) is 13.2 Å². The number of aliphatic carboxylic acids is 1. The fourth-order valence-electron chi connectivity index (χ4n) is 1.57. The highest BCUT2D eigenvalue weighted by atomic mass is 32.2. The second-order valence-electron chi connectivity index (χ2n) is 4.08. The van der Waals surface area contributed by atoms with Gasteiger partial charge >= 0.3 is 5.97 Å². The maximum atomic E-state index is 12.0. The van der Waals surface area contributed by atoms with Gasteiger partial charge in [0.05, 0.1) is 6.20 Å². The monoisotopic (exact) mass is 295 g/mol. The lowest BCUT2D eigenvalue weighted by Crippen LogP contribution is -2.22. The molecule has 0 spiro atoms. The normalized spacial score (nSPS) is 11.4. The van der Waals surface area contributed by atoms with E-state index in [1.807, 2.05) is 18.2 Å². The summed E-state index contributed by atoms with van der Waals surface area (Å²) in [6, 6.07) is 9.07. The van der Waals surface area contributed by atoms with Crippen LogP contribution in [0.4, 0.5) is 0 Å². The number of hydrogen-bond acceptors (Lipinski definition) is 4. The summed E-state index contributed by atoms with van der Waals surface area (Å²) in [5.74, 6) is -1.09. The van der Waals surface area contributed by atoms with Crippen molar-refractivity contribution < 1.29 is 18.3 Å². The van der Waals surface area contributed by atoms with Gasteiger partial charge in [0.25, 0.3) is 0 Å². The van der Waals surface area contributed by atoms with Gasteiger partial charge in [-0.2, -0.15) is 5.10 Å². The zero-order valence-electron chi connectivity index (χ0n) is 10.4. The molecule has 20 heavy (non-hydrogen) atoms. The lowest BCUT2D eigenvalue weighted by atomic mass is 10.2. The molecule has 0 saturated carbocycles. The molecule has 2 rings (SSSR count). The molecule has 0 saturated heterocycles. The van der Waals surface area contributed by atoms with Gasteiger partial charge in [-0.05, 0) is 5.56 Å². The molecule has 106 valence electrons. The maximum Gasteiger partial charge on any atom is 0.325 e. The van der Waals surface area contributed by atoms with E-state index in [4.69, 9.17) is 5.11 Å². The Morgan fingerprint density at radius 2 is 2.00 bits per heavy atom. The zero-order chi connectivity index (χ0) is 14.6. The van der Waals surface area contributed by atoms with Gasteiger partial charge < -0.3 is 5.11 Å². The van der Waals surface area contributed by atoms with E-state index in [1.54, 1.807) is 12.1 Å². The van der Waals surface area contributed by atoms with Gasteiger partial charge in [0.1, 0.15) is 11.4 Å². The summed E-state index contributed by atoms with van der Waals surface area (Å²) in [5.41, 5.74) is 0.828. The van der Waals surface area contributed by atoms with E-state index >= 15 is 0 Å². The molecule has 0 aliphatic heterocycles. The van der Waals surface area contributed by atoms with E-state index in [0.717, 1.165) is 16.4 Å². The molecule has 0 unspecified atom stereocenters. The predicted molar refractivity (Wildman–Crippen MR) is 70.3 cm³/mol. The summed E-state index contributed by atoms with van der Waals surface area (Å²) < 4.78 is 27.5. The Bertz CT molecular complexity index is 695. The highest BCUT2D eigenvalue weighted by Gasteiger charge is 2.16. The molecule has 7 nitrogen and oxygen atoms in total. The number of sulfonamides is 1. The van der Waals surface area contributed by atoms with E-state index in [1.165, 1.54) is 6.20 Å². The third-order valence-corrected chi connectivity index (χ3v) is 3.88. The third kappa shape index (κ3) is 3.65. The van der Waals surface area contributed by atoms with Crippen molar-refractivity contribution >= 4 is 16.0 Å². The minimum Gasteiger partial charge on any atom is -0.480 e. The van der Waals surface area contributed by atoms with Gasteiger partial charge in [-0.3, -0.25) is 9.48 Å². The summed E-state index contributed by atoms with van der Waals surface area (Å²) in [7, 11) is -3.70. The molecule has 0 fully saturated rings. The van der Waals surface area contributed by atoms with Crippen molar-refractivity contribution in [2.24, 2.45) is 0 Å². The van der Waals surface area contributed by atoms with Crippen molar-refractivity contribution in [3.63, 3.8) is 0 Å². The van der Waals surface area contributed by atoms with Gasteiger partial charge in [0.2, 0.25) is 10.0 Å². The molecule has 8 heteroatoms. The number of hydrogen-bond donors (Lipinski definition) is 2. The largest absolute Gasteiger partial charge is 0.480 e. The molecule has 1 aromatic carbocycles. The Kier molecular flexibility index (Phi) is 4.16. The van der Waals surface area contributed by atoms with Crippen LogP contribution in [0.2, 0.25) is 0 Å². The van der Waals surface area contributed by atoms with Crippen LogP contribution < -0.4 is 4.72 Å². The summed E-state index contributed by atoms with van der Waals surface area (Å²) >= 11 is 0. The first-order valence-electron chi connectivity index (χ1n) is 5.75. The van der Waals surface area contributed by atoms with Crippen LogP contribution >= 0.6 is 0 Å². The van der Waals surface area contributed by atoms with Crippen LogP contribution in [-0.2, 0) is 27.9 Å². The first-order chi connectivity index (χ1) is 9.47. The van der Waals surface area contributed by atoms with Crippen molar-refractivity contribution in [1.82, 2.24) is 14.5 Å². The first-order valence-corrected chi connectivity index (χ1v) is 7.23. The van der Waals surface area contributed by atoms with E-state index in [2.05, 4.69) is 9.82 Å². The lowest BCUT2D eigenvalue weighted by Gasteiger charge is -2.04. The minimum absolute atomic E-state index is 0.0605. The lowest BCUT2D eigenvalue weighted by molar-refractivity contribution is -0.137. The molecule has 0 radical (unpaired) electrons. The SMILES string of the molecule is O=C(O)Cn1cc(S(=O)(=O)NCc2ccccc2)cn1. The molecular formula is C12H13N3O4S. The minimum atomic E-state index is -3.70. The Balaban J connectivity index is 2.06. The molecule has 0 amide bonds. The quantitative estimate of drug-likeness (QED) is 0.805. The Morgan fingerprint density at radius 1 is 1.30 bits per heavy atom. The van der Waals surface area contributed by atoms with Crippen LogP contribution in [-0.4, -0.2) is 29.3 Å². The van der Waals surface area contributed by atoms with E-state index < -0.39 is 16.0 Å². The summed E-state index contributed by atoms with van der Waals surface area (Å²) in [6.07, 6.45) is 2.30. The van der Waals surface area contributed by atoms with Crippen molar-refractivity contribution in [3.05, 3.63) is 48.3 Å².